The molecule has 3 aromatic carbocycles. The predicted octanol–water partition coefficient (Wildman–Crippen LogP) is 4.07. The summed E-state index contributed by atoms with van der Waals surface area (Å²) < 4.78 is 10.9. The molecule has 5 rings (SSSR count). The number of hydrogen-bond acceptors (Lipinski definition) is 6. The molecule has 10 heteroatoms. The van der Waals surface area contributed by atoms with Crippen LogP contribution in [0.2, 0.25) is 0 Å². The van der Waals surface area contributed by atoms with Crippen molar-refractivity contribution in [2.24, 2.45) is 0 Å². The number of ether oxygens (including phenoxy) is 2. The summed E-state index contributed by atoms with van der Waals surface area (Å²) in [5.41, 5.74) is 1.50. The molecule has 2 aliphatic heterocycles. The third kappa shape index (κ3) is 6.76. The standard InChI is InChI=1S/C33H39N5O4S/c1-36-18-16-33(17-19-36,31(40)34-27-15-14-26(41-2)20-29(27)42-3)38(21-24-10-6-4-7-11-24)30(39)23-37-22-28(35-32(37)43)25-12-8-5-9-13-25/h4-15,20,28H,16-19,21-23H2,1-3H3,(H,34,40)(H,35,43)/t28-/m1/s1. The zero-order chi connectivity index (χ0) is 30.4. The van der Waals surface area contributed by atoms with Crippen molar-refractivity contribution in [2.75, 3.05) is 52.8 Å². The quantitative estimate of drug-likeness (QED) is 0.337. The fourth-order valence-electron chi connectivity index (χ4n) is 5.84. The number of amides is 2. The van der Waals surface area contributed by atoms with Crippen molar-refractivity contribution < 1.29 is 19.1 Å². The van der Waals surface area contributed by atoms with E-state index in [9.17, 15) is 9.59 Å². The maximum atomic E-state index is 14.4. The second-order valence-corrected chi connectivity index (χ2v) is 11.5. The number of benzene rings is 3. The van der Waals surface area contributed by atoms with E-state index in [0.717, 1.165) is 11.1 Å². The Morgan fingerprint density at radius 2 is 1.67 bits per heavy atom. The Balaban J connectivity index is 1.46. The van der Waals surface area contributed by atoms with Gasteiger partial charge in [0.15, 0.2) is 5.11 Å². The van der Waals surface area contributed by atoms with Gasteiger partial charge in [-0.2, -0.15) is 0 Å². The Labute approximate surface area is 258 Å². The Hall–Kier alpha value is -4.15. The number of piperidine rings is 1. The van der Waals surface area contributed by atoms with E-state index in [1.165, 1.54) is 0 Å². The molecule has 2 fully saturated rings. The van der Waals surface area contributed by atoms with Crippen molar-refractivity contribution >= 4 is 34.8 Å². The molecule has 2 amide bonds. The molecule has 3 aromatic rings. The largest absolute Gasteiger partial charge is 0.497 e. The van der Waals surface area contributed by atoms with Crippen molar-refractivity contribution in [1.29, 1.82) is 0 Å². The van der Waals surface area contributed by atoms with E-state index >= 15 is 0 Å². The van der Waals surface area contributed by atoms with E-state index in [2.05, 4.69) is 27.7 Å². The molecule has 2 aliphatic rings. The van der Waals surface area contributed by atoms with Gasteiger partial charge in [-0.1, -0.05) is 60.7 Å². The van der Waals surface area contributed by atoms with Gasteiger partial charge in [-0.3, -0.25) is 9.59 Å². The molecule has 0 spiro atoms. The van der Waals surface area contributed by atoms with Crippen LogP contribution in [0.3, 0.4) is 0 Å². The second kappa shape index (κ2) is 13.4. The third-order valence-electron chi connectivity index (χ3n) is 8.41. The number of carbonyl (C=O) groups is 2. The highest BCUT2D eigenvalue weighted by atomic mass is 32.1. The molecule has 2 N–H and O–H groups in total. The number of anilines is 1. The lowest BCUT2D eigenvalue weighted by atomic mass is 9.83. The molecule has 43 heavy (non-hydrogen) atoms. The first-order chi connectivity index (χ1) is 20.8. The lowest BCUT2D eigenvalue weighted by molar-refractivity contribution is -0.149. The van der Waals surface area contributed by atoms with Crippen LogP contribution in [-0.4, -0.2) is 84.6 Å². The molecule has 2 heterocycles. The van der Waals surface area contributed by atoms with Crippen LogP contribution in [0.1, 0.15) is 30.0 Å². The SMILES string of the molecule is COc1ccc(NC(=O)C2(N(Cc3ccccc3)C(=O)CN3C[C@H](c4ccccc4)NC3=S)CCN(C)CC2)c(OC)c1. The smallest absolute Gasteiger partial charge is 0.250 e. The fraction of sp³-hybridized carbons (Fsp3) is 0.364. The number of nitrogens with one attached hydrogen (secondary N) is 2. The summed E-state index contributed by atoms with van der Waals surface area (Å²) in [4.78, 5) is 34.7. The van der Waals surface area contributed by atoms with Crippen LogP contribution in [0.25, 0.3) is 0 Å². The van der Waals surface area contributed by atoms with Gasteiger partial charge in [0.2, 0.25) is 5.91 Å². The second-order valence-electron chi connectivity index (χ2n) is 11.1. The first-order valence-corrected chi connectivity index (χ1v) is 14.9. The number of hydrogen-bond donors (Lipinski definition) is 2. The lowest BCUT2D eigenvalue weighted by Crippen LogP contribution is -2.64. The molecule has 2 saturated heterocycles. The van der Waals surface area contributed by atoms with E-state index in [1.54, 1.807) is 37.3 Å². The van der Waals surface area contributed by atoms with Gasteiger partial charge in [-0.05, 0) is 55.4 Å². The molecule has 0 saturated carbocycles. The zero-order valence-corrected chi connectivity index (χ0v) is 25.7. The van der Waals surface area contributed by atoms with Crippen molar-refractivity contribution in [3.05, 3.63) is 90.0 Å². The molecule has 0 unspecified atom stereocenters. The van der Waals surface area contributed by atoms with E-state index in [1.807, 2.05) is 60.5 Å². The minimum absolute atomic E-state index is 0.00722. The topological polar surface area (TPSA) is 86.4 Å². The highest BCUT2D eigenvalue weighted by molar-refractivity contribution is 7.80. The predicted molar refractivity (Wildman–Crippen MR) is 171 cm³/mol. The van der Waals surface area contributed by atoms with Gasteiger partial charge in [0, 0.05) is 32.2 Å². The van der Waals surface area contributed by atoms with Crippen LogP contribution in [0.4, 0.5) is 5.69 Å². The molecular formula is C33H39N5O4S. The number of carbonyl (C=O) groups excluding carboxylic acids is 2. The fourth-order valence-corrected chi connectivity index (χ4v) is 6.12. The molecule has 0 aromatic heterocycles. The molecular weight excluding hydrogens is 562 g/mol. The molecule has 0 radical (unpaired) electrons. The molecule has 0 bridgehead atoms. The Kier molecular flexibility index (Phi) is 9.47. The van der Waals surface area contributed by atoms with Crippen molar-refractivity contribution in [2.45, 2.75) is 31.0 Å². The average Bonchev–Trinajstić information content (AvgIpc) is 3.41. The monoisotopic (exact) mass is 601 g/mol. The molecule has 226 valence electrons. The van der Waals surface area contributed by atoms with E-state index in [0.29, 0.717) is 61.3 Å². The van der Waals surface area contributed by atoms with Gasteiger partial charge >= 0.3 is 0 Å². The normalized spacial score (nSPS) is 18.1. The summed E-state index contributed by atoms with van der Waals surface area (Å²) in [5.74, 6) is 0.714. The van der Waals surface area contributed by atoms with E-state index in [4.69, 9.17) is 21.7 Å². The lowest BCUT2D eigenvalue weighted by Gasteiger charge is -2.47. The Bertz CT molecular complexity index is 1430. The van der Waals surface area contributed by atoms with Crippen molar-refractivity contribution in [3.63, 3.8) is 0 Å². The maximum Gasteiger partial charge on any atom is 0.250 e. The van der Waals surface area contributed by atoms with Gasteiger partial charge in [-0.15, -0.1) is 0 Å². The van der Waals surface area contributed by atoms with Crippen LogP contribution in [0, 0.1) is 0 Å². The number of nitrogens with zero attached hydrogens (tertiary/aromatic N) is 3. The van der Waals surface area contributed by atoms with Crippen molar-refractivity contribution in [1.82, 2.24) is 20.0 Å². The number of methoxy groups -OCH3 is 2. The van der Waals surface area contributed by atoms with Gasteiger partial charge in [0.05, 0.1) is 32.5 Å². The zero-order valence-electron chi connectivity index (χ0n) is 24.9. The van der Waals surface area contributed by atoms with Crippen LogP contribution < -0.4 is 20.1 Å². The Morgan fingerprint density at radius 3 is 2.33 bits per heavy atom. The summed E-state index contributed by atoms with van der Waals surface area (Å²) in [6.45, 7) is 2.28. The van der Waals surface area contributed by atoms with Crippen LogP contribution >= 0.6 is 12.2 Å². The maximum absolute atomic E-state index is 14.4. The van der Waals surface area contributed by atoms with Crippen LogP contribution in [-0.2, 0) is 16.1 Å². The summed E-state index contributed by atoms with van der Waals surface area (Å²) in [6.07, 6.45) is 0.976. The van der Waals surface area contributed by atoms with E-state index < -0.39 is 5.54 Å². The summed E-state index contributed by atoms with van der Waals surface area (Å²) in [5, 5.41) is 7.00. The highest BCUT2D eigenvalue weighted by Crippen LogP contribution is 2.35. The Morgan fingerprint density at radius 1 is 1.00 bits per heavy atom. The van der Waals surface area contributed by atoms with Crippen molar-refractivity contribution in [3.8, 4) is 11.5 Å². The van der Waals surface area contributed by atoms with Gasteiger partial charge in [0.25, 0.3) is 5.91 Å². The minimum Gasteiger partial charge on any atom is -0.497 e. The number of rotatable bonds is 10. The van der Waals surface area contributed by atoms with Gasteiger partial charge in [-0.25, -0.2) is 0 Å². The molecule has 1 atom stereocenters. The first-order valence-electron chi connectivity index (χ1n) is 14.5. The summed E-state index contributed by atoms with van der Waals surface area (Å²) in [6, 6.07) is 25.2. The van der Waals surface area contributed by atoms with Gasteiger partial charge < -0.3 is 34.8 Å². The summed E-state index contributed by atoms with van der Waals surface area (Å²) >= 11 is 5.67. The third-order valence-corrected chi connectivity index (χ3v) is 8.79. The number of likely N-dealkylation sites (tertiary alicyclic amines) is 1. The number of thiocarbonyl (C=S) groups is 1. The molecule has 9 nitrogen and oxygen atoms in total. The molecule has 0 aliphatic carbocycles. The van der Waals surface area contributed by atoms with E-state index in [-0.39, 0.29) is 24.4 Å². The van der Waals surface area contributed by atoms with Crippen LogP contribution in [0.5, 0.6) is 11.5 Å². The van der Waals surface area contributed by atoms with Gasteiger partial charge in [0.1, 0.15) is 17.0 Å². The minimum atomic E-state index is -1.09. The summed E-state index contributed by atoms with van der Waals surface area (Å²) in [7, 11) is 5.17. The first kappa shape index (κ1) is 30.3. The average molecular weight is 602 g/mol. The highest BCUT2D eigenvalue weighted by Gasteiger charge is 2.48. The van der Waals surface area contributed by atoms with Crippen LogP contribution in [0.15, 0.2) is 78.9 Å².